The third kappa shape index (κ3) is 11.8. The summed E-state index contributed by atoms with van der Waals surface area (Å²) in [6, 6.07) is 5.48. The lowest BCUT2D eigenvalue weighted by atomic mass is 10.1. The fourth-order valence-corrected chi connectivity index (χ4v) is 0.856. The first-order chi connectivity index (χ1) is 10.2. The summed E-state index contributed by atoms with van der Waals surface area (Å²) < 4.78 is 0. The maximum Gasteiger partial charge on any atom is 0.336 e. The van der Waals surface area contributed by atoms with E-state index >= 15 is 0 Å². The molecule has 1 aromatic rings. The van der Waals surface area contributed by atoms with Crippen molar-refractivity contribution in [2.75, 3.05) is 13.2 Å². The first-order valence-electron chi connectivity index (χ1n) is 6.30. The van der Waals surface area contributed by atoms with Crippen molar-refractivity contribution >= 4 is 11.9 Å². The summed E-state index contributed by atoms with van der Waals surface area (Å²) in [6.07, 6.45) is -1.12. The minimum Gasteiger partial charge on any atom is -0.478 e. The average Bonchev–Trinajstić information content (AvgIpc) is 2.48. The lowest BCUT2D eigenvalue weighted by molar-refractivity contribution is 0.0651. The van der Waals surface area contributed by atoms with Gasteiger partial charge in [0.05, 0.1) is 36.5 Å². The number of benzene rings is 1. The van der Waals surface area contributed by atoms with Crippen molar-refractivity contribution in [2.24, 2.45) is 0 Å². The Morgan fingerprint density at radius 2 is 1.09 bits per heavy atom. The SMILES string of the molecule is CC(O)CO.CC(O)CO.O=C(O)c1ccccc1C(=O)O. The van der Waals surface area contributed by atoms with Gasteiger partial charge in [-0.1, -0.05) is 12.1 Å². The molecule has 0 saturated heterocycles. The van der Waals surface area contributed by atoms with Crippen LogP contribution in [0.4, 0.5) is 0 Å². The summed E-state index contributed by atoms with van der Waals surface area (Å²) in [7, 11) is 0. The Hall–Kier alpha value is -2.00. The van der Waals surface area contributed by atoms with Gasteiger partial charge >= 0.3 is 11.9 Å². The Labute approximate surface area is 127 Å². The Bertz CT molecular complexity index is 401. The molecule has 1 aromatic carbocycles. The second-order valence-electron chi connectivity index (χ2n) is 4.22. The van der Waals surface area contributed by atoms with E-state index in [0.717, 1.165) is 0 Å². The lowest BCUT2D eigenvalue weighted by Crippen LogP contribution is -2.06. The fraction of sp³-hybridized carbons (Fsp3) is 0.429. The van der Waals surface area contributed by atoms with E-state index in [0.29, 0.717) is 0 Å². The third-order valence-corrected chi connectivity index (χ3v) is 1.92. The molecule has 0 aromatic heterocycles. The van der Waals surface area contributed by atoms with Gasteiger partial charge in [-0.2, -0.15) is 0 Å². The average molecular weight is 318 g/mol. The Morgan fingerprint density at radius 3 is 1.23 bits per heavy atom. The van der Waals surface area contributed by atoms with Crippen LogP contribution < -0.4 is 0 Å². The quantitative estimate of drug-likeness (QED) is 0.446. The van der Waals surface area contributed by atoms with Crippen molar-refractivity contribution in [3.8, 4) is 0 Å². The fourth-order valence-electron chi connectivity index (χ4n) is 0.856. The van der Waals surface area contributed by atoms with Crippen LogP contribution in [0.15, 0.2) is 24.3 Å². The molecule has 0 aliphatic rings. The highest BCUT2D eigenvalue weighted by Crippen LogP contribution is 2.07. The number of aliphatic hydroxyl groups is 4. The molecule has 0 bridgehead atoms. The zero-order valence-corrected chi connectivity index (χ0v) is 12.4. The van der Waals surface area contributed by atoms with E-state index in [1.54, 1.807) is 0 Å². The molecule has 0 spiro atoms. The molecule has 1 rings (SSSR count). The molecule has 22 heavy (non-hydrogen) atoms. The smallest absolute Gasteiger partial charge is 0.336 e. The van der Waals surface area contributed by atoms with Crippen LogP contribution >= 0.6 is 0 Å². The highest BCUT2D eigenvalue weighted by Gasteiger charge is 2.13. The first kappa shape index (κ1) is 22.3. The predicted octanol–water partition coefficient (Wildman–Crippen LogP) is -0.198. The van der Waals surface area contributed by atoms with Crippen molar-refractivity contribution in [1.29, 1.82) is 0 Å². The molecule has 8 nitrogen and oxygen atoms in total. The Balaban J connectivity index is 0. The molecular weight excluding hydrogens is 296 g/mol. The molecule has 0 saturated carbocycles. The molecule has 0 fully saturated rings. The van der Waals surface area contributed by atoms with Crippen LogP contribution in [-0.2, 0) is 0 Å². The van der Waals surface area contributed by atoms with Crippen LogP contribution in [0.25, 0.3) is 0 Å². The summed E-state index contributed by atoms with van der Waals surface area (Å²) in [5.74, 6) is -2.46. The summed E-state index contributed by atoms with van der Waals surface area (Å²) in [6.45, 7) is 2.78. The van der Waals surface area contributed by atoms with Gasteiger partial charge in [0.2, 0.25) is 0 Å². The Kier molecular flexibility index (Phi) is 12.9. The maximum atomic E-state index is 10.5. The number of carbonyl (C=O) groups is 2. The van der Waals surface area contributed by atoms with E-state index in [2.05, 4.69) is 0 Å². The number of aromatic carboxylic acids is 2. The highest BCUT2D eigenvalue weighted by atomic mass is 16.4. The van der Waals surface area contributed by atoms with E-state index < -0.39 is 24.1 Å². The van der Waals surface area contributed by atoms with Crippen LogP contribution in [0.1, 0.15) is 34.6 Å². The van der Waals surface area contributed by atoms with Gasteiger partial charge in [0.1, 0.15) is 0 Å². The predicted molar refractivity (Wildman–Crippen MR) is 77.9 cm³/mol. The molecule has 6 N–H and O–H groups in total. The molecule has 2 unspecified atom stereocenters. The van der Waals surface area contributed by atoms with E-state index in [1.807, 2.05) is 0 Å². The molecule has 0 radical (unpaired) electrons. The van der Waals surface area contributed by atoms with Crippen molar-refractivity contribution in [3.05, 3.63) is 35.4 Å². The van der Waals surface area contributed by atoms with Gasteiger partial charge < -0.3 is 30.6 Å². The molecule has 0 amide bonds. The van der Waals surface area contributed by atoms with Gasteiger partial charge in [-0.25, -0.2) is 9.59 Å². The number of carboxylic acids is 2. The van der Waals surface area contributed by atoms with Crippen LogP contribution in [0, 0.1) is 0 Å². The van der Waals surface area contributed by atoms with Crippen molar-refractivity contribution < 1.29 is 40.2 Å². The summed E-state index contributed by atoms with van der Waals surface area (Å²) >= 11 is 0. The van der Waals surface area contributed by atoms with Crippen molar-refractivity contribution in [1.82, 2.24) is 0 Å². The minimum atomic E-state index is -1.23. The topological polar surface area (TPSA) is 156 Å². The molecule has 2 atom stereocenters. The molecule has 126 valence electrons. The van der Waals surface area contributed by atoms with Crippen molar-refractivity contribution in [2.45, 2.75) is 26.1 Å². The van der Waals surface area contributed by atoms with Gasteiger partial charge in [0.15, 0.2) is 0 Å². The van der Waals surface area contributed by atoms with E-state index in [4.69, 9.17) is 30.6 Å². The largest absolute Gasteiger partial charge is 0.478 e. The normalized spacial score (nSPS) is 11.9. The first-order valence-corrected chi connectivity index (χ1v) is 6.30. The van der Waals surface area contributed by atoms with Crippen LogP contribution in [0.2, 0.25) is 0 Å². The second-order valence-corrected chi connectivity index (χ2v) is 4.22. The molecule has 8 heteroatoms. The molecule has 0 heterocycles. The van der Waals surface area contributed by atoms with E-state index in [-0.39, 0.29) is 24.3 Å². The monoisotopic (exact) mass is 318 g/mol. The Morgan fingerprint density at radius 1 is 0.864 bits per heavy atom. The van der Waals surface area contributed by atoms with Gasteiger partial charge in [-0.3, -0.25) is 0 Å². The number of carboxylic acid groups (broad SMARTS) is 2. The number of hydrogen-bond donors (Lipinski definition) is 6. The van der Waals surface area contributed by atoms with E-state index in [1.165, 1.54) is 38.1 Å². The maximum absolute atomic E-state index is 10.5. The van der Waals surface area contributed by atoms with Gasteiger partial charge in [-0.15, -0.1) is 0 Å². The standard InChI is InChI=1S/C8H6O4.2C3H8O2/c9-7(10)5-3-1-2-4-6(5)8(11)12;2*1-3(5)2-4/h1-4H,(H,9,10)(H,11,12);2*3-5H,2H2,1H3. The molecule has 0 aliphatic carbocycles. The summed E-state index contributed by atoms with van der Waals surface area (Å²) in [5, 5.41) is 49.1. The number of aliphatic hydroxyl groups excluding tert-OH is 4. The minimum absolute atomic E-state index is 0.139. The van der Waals surface area contributed by atoms with Crippen molar-refractivity contribution in [3.63, 3.8) is 0 Å². The highest BCUT2D eigenvalue weighted by molar-refractivity contribution is 6.01. The van der Waals surface area contributed by atoms with Gasteiger partial charge in [0.25, 0.3) is 0 Å². The lowest BCUT2D eigenvalue weighted by Gasteiger charge is -1.98. The van der Waals surface area contributed by atoms with Gasteiger partial charge in [0, 0.05) is 0 Å². The number of hydrogen-bond acceptors (Lipinski definition) is 6. The van der Waals surface area contributed by atoms with Crippen LogP contribution in [0.3, 0.4) is 0 Å². The van der Waals surface area contributed by atoms with Crippen LogP contribution in [0.5, 0.6) is 0 Å². The number of rotatable bonds is 4. The van der Waals surface area contributed by atoms with Crippen LogP contribution in [-0.4, -0.2) is 68.0 Å². The second kappa shape index (κ2) is 12.7. The zero-order chi connectivity index (χ0) is 17.7. The molecular formula is C14H22O8. The van der Waals surface area contributed by atoms with Gasteiger partial charge in [-0.05, 0) is 26.0 Å². The zero-order valence-electron chi connectivity index (χ0n) is 12.4. The third-order valence-electron chi connectivity index (χ3n) is 1.92. The summed E-state index contributed by atoms with van der Waals surface area (Å²) in [5.41, 5.74) is -0.380. The van der Waals surface area contributed by atoms with E-state index in [9.17, 15) is 9.59 Å². The summed E-state index contributed by atoms with van der Waals surface area (Å²) in [4.78, 5) is 20.9. The molecule has 0 aliphatic heterocycles.